The Balaban J connectivity index is 1.44. The van der Waals surface area contributed by atoms with Gasteiger partial charge in [0.05, 0.1) is 5.69 Å². The zero-order chi connectivity index (χ0) is 21.0. The van der Waals surface area contributed by atoms with Crippen molar-refractivity contribution in [3.8, 4) is 0 Å². The molecule has 0 bridgehead atoms. The van der Waals surface area contributed by atoms with Crippen LogP contribution < -0.4 is 5.32 Å². The first-order valence-electron chi connectivity index (χ1n) is 9.94. The third-order valence-electron chi connectivity index (χ3n) is 5.51. The highest BCUT2D eigenvalue weighted by molar-refractivity contribution is 6.30. The number of amides is 1. The van der Waals surface area contributed by atoms with E-state index in [1.54, 1.807) is 4.68 Å². The minimum atomic E-state index is -0.900. The number of rotatable bonds is 7. The van der Waals surface area contributed by atoms with Crippen molar-refractivity contribution >= 4 is 17.5 Å². The number of hydrogen-bond donors (Lipinski definition) is 1. The Hall–Kier alpha value is -1.99. The van der Waals surface area contributed by atoms with Gasteiger partial charge in [0.2, 0.25) is 5.91 Å². The second kappa shape index (κ2) is 9.67. The highest BCUT2D eigenvalue weighted by Crippen LogP contribution is 2.26. The number of halogens is 3. The molecule has 2 heterocycles. The van der Waals surface area contributed by atoms with Gasteiger partial charge in [0.1, 0.15) is 5.15 Å². The first-order valence-corrected chi connectivity index (χ1v) is 10.3. The van der Waals surface area contributed by atoms with Crippen LogP contribution in [0.2, 0.25) is 5.15 Å². The van der Waals surface area contributed by atoms with Gasteiger partial charge in [0, 0.05) is 38.7 Å². The van der Waals surface area contributed by atoms with Gasteiger partial charge in [-0.25, -0.2) is 8.78 Å². The Morgan fingerprint density at radius 2 is 2.14 bits per heavy atom. The monoisotopic (exact) mass is 424 g/mol. The molecule has 0 spiro atoms. The van der Waals surface area contributed by atoms with Gasteiger partial charge < -0.3 is 5.32 Å². The van der Waals surface area contributed by atoms with Gasteiger partial charge in [-0.1, -0.05) is 17.7 Å². The summed E-state index contributed by atoms with van der Waals surface area (Å²) in [4.78, 5) is 14.5. The van der Waals surface area contributed by atoms with Crippen LogP contribution in [0.15, 0.2) is 18.2 Å². The van der Waals surface area contributed by atoms with Crippen molar-refractivity contribution in [1.82, 2.24) is 20.0 Å². The van der Waals surface area contributed by atoms with Gasteiger partial charge >= 0.3 is 0 Å². The highest BCUT2D eigenvalue weighted by atomic mass is 35.5. The molecule has 1 saturated heterocycles. The standard InChI is InChI=1S/C21H27ClF2N4O/c1-14-17(21(22)27(2)26-14)13-28-9-3-4-15(12-28)6-8-20(29)25-11-16-5-7-18(23)19(24)10-16/h5,7,10,15H,3-4,6,8-9,11-13H2,1-2H3,(H,25,29)/t15-/m1/s1. The fourth-order valence-corrected chi connectivity index (χ4v) is 4.12. The molecule has 0 aliphatic carbocycles. The summed E-state index contributed by atoms with van der Waals surface area (Å²) in [6.45, 7) is 4.90. The summed E-state index contributed by atoms with van der Waals surface area (Å²) in [5, 5.41) is 7.84. The highest BCUT2D eigenvalue weighted by Gasteiger charge is 2.23. The zero-order valence-electron chi connectivity index (χ0n) is 16.9. The van der Waals surface area contributed by atoms with Crippen LogP contribution in [-0.2, 0) is 24.9 Å². The largest absolute Gasteiger partial charge is 0.352 e. The summed E-state index contributed by atoms with van der Waals surface area (Å²) >= 11 is 6.35. The normalized spacial score (nSPS) is 17.5. The second-order valence-corrected chi connectivity index (χ2v) is 8.14. The van der Waals surface area contributed by atoms with Crippen molar-refractivity contribution in [2.75, 3.05) is 13.1 Å². The first kappa shape index (κ1) is 21.7. The second-order valence-electron chi connectivity index (χ2n) is 7.79. The maximum atomic E-state index is 13.2. The van der Waals surface area contributed by atoms with Gasteiger partial charge in [-0.05, 0) is 56.3 Å². The molecule has 8 heteroatoms. The smallest absolute Gasteiger partial charge is 0.220 e. The molecular formula is C21H27ClF2N4O. The SMILES string of the molecule is Cc1nn(C)c(Cl)c1CN1CCC[C@H](CCC(=O)NCc2ccc(F)c(F)c2)C1. The van der Waals surface area contributed by atoms with E-state index in [0.717, 1.165) is 62.3 Å². The Labute approximate surface area is 175 Å². The lowest BCUT2D eigenvalue weighted by molar-refractivity contribution is -0.121. The Bertz CT molecular complexity index is 871. The van der Waals surface area contributed by atoms with Crippen molar-refractivity contribution in [2.45, 2.75) is 45.7 Å². The number of nitrogens with one attached hydrogen (secondary N) is 1. The van der Waals surface area contributed by atoms with Gasteiger partial charge in [-0.15, -0.1) is 0 Å². The molecule has 1 aliphatic heterocycles. The summed E-state index contributed by atoms with van der Waals surface area (Å²) in [6, 6.07) is 3.66. The van der Waals surface area contributed by atoms with Crippen LogP contribution in [0, 0.1) is 24.5 Å². The van der Waals surface area contributed by atoms with Crippen LogP contribution in [0.1, 0.15) is 42.5 Å². The number of hydrogen-bond acceptors (Lipinski definition) is 3. The van der Waals surface area contributed by atoms with Crippen molar-refractivity contribution < 1.29 is 13.6 Å². The fourth-order valence-electron chi connectivity index (χ4n) is 3.88. The Morgan fingerprint density at radius 3 is 2.83 bits per heavy atom. The van der Waals surface area contributed by atoms with Gasteiger partial charge in [0.15, 0.2) is 11.6 Å². The maximum absolute atomic E-state index is 13.2. The molecule has 0 unspecified atom stereocenters. The molecule has 1 amide bonds. The van der Waals surface area contributed by atoms with E-state index in [1.165, 1.54) is 6.07 Å². The number of aryl methyl sites for hydroxylation is 2. The minimum Gasteiger partial charge on any atom is -0.352 e. The number of carbonyl (C=O) groups excluding carboxylic acids is 1. The number of aromatic nitrogens is 2. The third-order valence-corrected chi connectivity index (χ3v) is 5.98. The van der Waals surface area contributed by atoms with E-state index >= 15 is 0 Å². The molecule has 158 valence electrons. The molecular weight excluding hydrogens is 398 g/mol. The molecule has 5 nitrogen and oxygen atoms in total. The fraction of sp³-hybridized carbons (Fsp3) is 0.524. The van der Waals surface area contributed by atoms with E-state index in [0.29, 0.717) is 23.1 Å². The van der Waals surface area contributed by atoms with E-state index in [4.69, 9.17) is 11.6 Å². The summed E-state index contributed by atoms with van der Waals surface area (Å²) in [5.74, 6) is -1.40. The predicted molar refractivity (Wildman–Crippen MR) is 108 cm³/mol. The van der Waals surface area contributed by atoms with Gasteiger partial charge in [0.25, 0.3) is 0 Å². The Morgan fingerprint density at radius 1 is 1.34 bits per heavy atom. The first-order chi connectivity index (χ1) is 13.8. The lowest BCUT2D eigenvalue weighted by Crippen LogP contribution is -2.35. The van der Waals surface area contributed by atoms with Crippen LogP contribution in [0.25, 0.3) is 0 Å². The predicted octanol–water partition coefficient (Wildman–Crippen LogP) is 3.97. The zero-order valence-corrected chi connectivity index (χ0v) is 17.6. The van der Waals surface area contributed by atoms with Crippen LogP contribution in [0.4, 0.5) is 8.78 Å². The average Bonchev–Trinajstić information content (AvgIpc) is 2.93. The van der Waals surface area contributed by atoms with Crippen LogP contribution in [0.3, 0.4) is 0 Å². The molecule has 1 aromatic heterocycles. The van der Waals surface area contributed by atoms with E-state index < -0.39 is 11.6 Å². The molecule has 1 aromatic carbocycles. The molecule has 1 fully saturated rings. The summed E-state index contributed by atoms with van der Waals surface area (Å²) in [7, 11) is 1.84. The topological polar surface area (TPSA) is 50.2 Å². The van der Waals surface area contributed by atoms with Crippen molar-refractivity contribution in [2.24, 2.45) is 13.0 Å². The number of nitrogens with zero attached hydrogens (tertiary/aromatic N) is 3. The Kier molecular flexibility index (Phi) is 7.24. The lowest BCUT2D eigenvalue weighted by Gasteiger charge is -2.32. The van der Waals surface area contributed by atoms with Crippen LogP contribution >= 0.6 is 11.6 Å². The number of piperidine rings is 1. The maximum Gasteiger partial charge on any atom is 0.220 e. The number of likely N-dealkylation sites (tertiary alicyclic amines) is 1. The molecule has 29 heavy (non-hydrogen) atoms. The molecule has 1 aliphatic rings. The third kappa shape index (κ3) is 5.76. The van der Waals surface area contributed by atoms with E-state index in [2.05, 4.69) is 15.3 Å². The van der Waals surface area contributed by atoms with E-state index in [9.17, 15) is 13.6 Å². The lowest BCUT2D eigenvalue weighted by atomic mass is 9.93. The summed E-state index contributed by atoms with van der Waals surface area (Å²) < 4.78 is 27.9. The molecule has 2 aromatic rings. The quantitative estimate of drug-likeness (QED) is 0.731. The molecule has 1 atom stereocenters. The van der Waals surface area contributed by atoms with Gasteiger partial charge in [-0.3, -0.25) is 14.4 Å². The van der Waals surface area contributed by atoms with Crippen LogP contribution in [0.5, 0.6) is 0 Å². The summed E-state index contributed by atoms with van der Waals surface area (Å²) in [6.07, 6.45) is 3.43. The number of benzene rings is 1. The van der Waals surface area contributed by atoms with Gasteiger partial charge in [-0.2, -0.15) is 5.10 Å². The summed E-state index contributed by atoms with van der Waals surface area (Å²) in [5.41, 5.74) is 2.57. The number of carbonyl (C=O) groups is 1. The van der Waals surface area contributed by atoms with Crippen molar-refractivity contribution in [3.63, 3.8) is 0 Å². The van der Waals surface area contributed by atoms with Crippen molar-refractivity contribution in [3.05, 3.63) is 51.8 Å². The molecule has 0 radical (unpaired) electrons. The molecule has 0 saturated carbocycles. The molecule has 3 rings (SSSR count). The molecule has 1 N–H and O–H groups in total. The van der Waals surface area contributed by atoms with Crippen LogP contribution in [-0.4, -0.2) is 33.7 Å². The minimum absolute atomic E-state index is 0.0713. The van der Waals surface area contributed by atoms with E-state index in [-0.39, 0.29) is 12.5 Å². The van der Waals surface area contributed by atoms with Crippen molar-refractivity contribution in [1.29, 1.82) is 0 Å². The van der Waals surface area contributed by atoms with E-state index in [1.807, 2.05) is 14.0 Å². The average molecular weight is 425 g/mol.